The van der Waals surface area contributed by atoms with E-state index in [1.54, 1.807) is 24.3 Å². The topological polar surface area (TPSA) is 106 Å². The molecule has 1 aliphatic rings. The van der Waals surface area contributed by atoms with Crippen molar-refractivity contribution >= 4 is 23.4 Å². The Bertz CT molecular complexity index is 1280. The number of ketones is 1. The third-order valence-electron chi connectivity index (χ3n) is 5.52. The first-order valence-corrected chi connectivity index (χ1v) is 10.2. The van der Waals surface area contributed by atoms with E-state index in [2.05, 4.69) is 0 Å². The average Bonchev–Trinajstić information content (AvgIpc) is 3.45. The first-order valence-electron chi connectivity index (χ1n) is 10.2. The lowest BCUT2D eigenvalue weighted by atomic mass is 9.94. The summed E-state index contributed by atoms with van der Waals surface area (Å²) in [5.41, 5.74) is 0.512. The lowest BCUT2D eigenvalue weighted by molar-refractivity contribution is -0.140. The first-order chi connectivity index (χ1) is 16.3. The van der Waals surface area contributed by atoms with Crippen LogP contribution in [-0.2, 0) is 20.9 Å². The number of aliphatic hydroxyl groups is 1. The Morgan fingerprint density at radius 3 is 2.38 bits per heavy atom. The SMILES string of the molecule is COC(=O)c1ccc(C2C(=C(O)c3ccc(OC)c(F)c3)C(=O)C(=O)N2Cc2ccco2)cc1. The van der Waals surface area contributed by atoms with Gasteiger partial charge in [-0.15, -0.1) is 0 Å². The molecule has 4 rings (SSSR count). The molecule has 2 aromatic carbocycles. The van der Waals surface area contributed by atoms with Crippen LogP contribution >= 0.6 is 0 Å². The van der Waals surface area contributed by atoms with Gasteiger partial charge in [0.1, 0.15) is 11.5 Å². The third-order valence-corrected chi connectivity index (χ3v) is 5.52. The number of carbonyl (C=O) groups excluding carboxylic acids is 3. The Balaban J connectivity index is 1.85. The molecular weight excluding hydrogens is 445 g/mol. The molecule has 0 spiro atoms. The fourth-order valence-electron chi connectivity index (χ4n) is 3.85. The first kappa shape index (κ1) is 22.8. The van der Waals surface area contributed by atoms with Crippen molar-refractivity contribution in [3.63, 3.8) is 0 Å². The molecule has 34 heavy (non-hydrogen) atoms. The fourth-order valence-corrected chi connectivity index (χ4v) is 3.85. The monoisotopic (exact) mass is 465 g/mol. The minimum absolute atomic E-state index is 0.00507. The zero-order valence-corrected chi connectivity index (χ0v) is 18.3. The second kappa shape index (κ2) is 9.22. The van der Waals surface area contributed by atoms with Gasteiger partial charge in [-0.05, 0) is 48.0 Å². The zero-order chi connectivity index (χ0) is 24.4. The van der Waals surface area contributed by atoms with E-state index in [1.807, 2.05) is 0 Å². The highest BCUT2D eigenvalue weighted by atomic mass is 19.1. The van der Waals surface area contributed by atoms with Crippen LogP contribution in [0.4, 0.5) is 4.39 Å². The Labute approximate surface area is 193 Å². The summed E-state index contributed by atoms with van der Waals surface area (Å²) >= 11 is 0. The highest BCUT2D eigenvalue weighted by Gasteiger charge is 2.46. The number of esters is 1. The molecule has 0 saturated carbocycles. The maximum Gasteiger partial charge on any atom is 0.337 e. The van der Waals surface area contributed by atoms with E-state index < -0.39 is 35.3 Å². The second-order valence-corrected chi connectivity index (χ2v) is 7.47. The summed E-state index contributed by atoms with van der Waals surface area (Å²) in [7, 11) is 2.55. The molecule has 8 nitrogen and oxygen atoms in total. The molecule has 1 fully saturated rings. The van der Waals surface area contributed by atoms with Gasteiger partial charge in [0.05, 0.1) is 44.2 Å². The normalized spacial score (nSPS) is 17.1. The number of rotatable bonds is 6. The van der Waals surface area contributed by atoms with Gasteiger partial charge in [-0.2, -0.15) is 0 Å². The van der Waals surface area contributed by atoms with Crippen LogP contribution in [0, 0.1) is 5.82 Å². The smallest absolute Gasteiger partial charge is 0.337 e. The fraction of sp³-hybridized carbons (Fsp3) is 0.160. The van der Waals surface area contributed by atoms with Gasteiger partial charge in [-0.1, -0.05) is 12.1 Å². The number of likely N-dealkylation sites (tertiary alicyclic amines) is 1. The van der Waals surface area contributed by atoms with Crippen molar-refractivity contribution in [2.75, 3.05) is 14.2 Å². The van der Waals surface area contributed by atoms with Gasteiger partial charge in [0, 0.05) is 5.56 Å². The Morgan fingerprint density at radius 1 is 1.09 bits per heavy atom. The minimum Gasteiger partial charge on any atom is -0.507 e. The minimum atomic E-state index is -1.01. The average molecular weight is 465 g/mol. The van der Waals surface area contributed by atoms with E-state index in [4.69, 9.17) is 13.9 Å². The van der Waals surface area contributed by atoms with Crippen molar-refractivity contribution in [3.8, 4) is 5.75 Å². The Morgan fingerprint density at radius 2 is 1.79 bits per heavy atom. The van der Waals surface area contributed by atoms with Gasteiger partial charge >= 0.3 is 5.97 Å². The molecule has 3 aromatic rings. The van der Waals surface area contributed by atoms with Crippen LogP contribution in [0.15, 0.2) is 70.9 Å². The van der Waals surface area contributed by atoms with Crippen molar-refractivity contribution in [3.05, 3.63) is 94.7 Å². The summed E-state index contributed by atoms with van der Waals surface area (Å²) < 4.78 is 29.2. The molecule has 1 unspecified atom stereocenters. The van der Waals surface area contributed by atoms with E-state index in [9.17, 15) is 23.9 Å². The number of methoxy groups -OCH3 is 2. The molecule has 1 atom stereocenters. The maximum atomic E-state index is 14.3. The predicted molar refractivity (Wildman–Crippen MR) is 117 cm³/mol. The molecule has 0 radical (unpaired) electrons. The Kier molecular flexibility index (Phi) is 6.18. The number of furan rings is 1. The van der Waals surface area contributed by atoms with E-state index in [-0.39, 0.29) is 29.0 Å². The molecule has 1 aromatic heterocycles. The number of ether oxygens (including phenoxy) is 2. The van der Waals surface area contributed by atoms with Crippen molar-refractivity contribution in [1.82, 2.24) is 4.90 Å². The lowest BCUT2D eigenvalue weighted by Crippen LogP contribution is -2.29. The molecule has 1 aliphatic heterocycles. The highest BCUT2D eigenvalue weighted by molar-refractivity contribution is 6.46. The van der Waals surface area contributed by atoms with E-state index in [0.29, 0.717) is 11.3 Å². The van der Waals surface area contributed by atoms with Gasteiger partial charge in [0.15, 0.2) is 11.6 Å². The van der Waals surface area contributed by atoms with Crippen molar-refractivity contribution in [1.29, 1.82) is 0 Å². The van der Waals surface area contributed by atoms with Crippen molar-refractivity contribution in [2.24, 2.45) is 0 Å². The molecule has 174 valence electrons. The quantitative estimate of drug-likeness (QED) is 0.255. The predicted octanol–water partition coefficient (Wildman–Crippen LogP) is 3.84. The van der Waals surface area contributed by atoms with Crippen LogP contribution in [-0.4, -0.2) is 41.9 Å². The largest absolute Gasteiger partial charge is 0.507 e. The number of aliphatic hydroxyl groups excluding tert-OH is 1. The molecule has 0 aliphatic carbocycles. The van der Waals surface area contributed by atoms with Crippen LogP contribution in [0.5, 0.6) is 5.75 Å². The summed E-state index contributed by atoms with van der Waals surface area (Å²) in [5.74, 6) is -3.22. The summed E-state index contributed by atoms with van der Waals surface area (Å²) in [4.78, 5) is 39.1. The van der Waals surface area contributed by atoms with Crippen molar-refractivity contribution < 1.29 is 37.8 Å². The maximum absolute atomic E-state index is 14.3. The van der Waals surface area contributed by atoms with Crippen LogP contribution < -0.4 is 4.74 Å². The van der Waals surface area contributed by atoms with Crippen LogP contribution in [0.1, 0.15) is 33.3 Å². The highest BCUT2D eigenvalue weighted by Crippen LogP contribution is 2.40. The third kappa shape index (κ3) is 4.03. The summed E-state index contributed by atoms with van der Waals surface area (Å²) in [6, 6.07) is 12.1. The molecule has 1 saturated heterocycles. The summed E-state index contributed by atoms with van der Waals surface area (Å²) in [5, 5.41) is 11.0. The Hall–Kier alpha value is -4.40. The van der Waals surface area contributed by atoms with Gasteiger partial charge < -0.3 is 23.9 Å². The summed E-state index contributed by atoms with van der Waals surface area (Å²) in [6.07, 6.45) is 1.44. The number of carbonyl (C=O) groups is 3. The van der Waals surface area contributed by atoms with Gasteiger partial charge in [-0.3, -0.25) is 9.59 Å². The number of amides is 1. The number of hydrogen-bond donors (Lipinski definition) is 1. The summed E-state index contributed by atoms with van der Waals surface area (Å²) in [6.45, 7) is -0.0469. The molecular formula is C25H20FNO7. The zero-order valence-electron chi connectivity index (χ0n) is 18.3. The number of nitrogens with zero attached hydrogens (tertiary/aromatic N) is 1. The van der Waals surface area contributed by atoms with Crippen LogP contribution in [0.3, 0.4) is 0 Å². The molecule has 2 heterocycles. The molecule has 1 N–H and O–H groups in total. The number of Topliss-reactive ketones (excluding diaryl/α,β-unsaturated/α-hetero) is 1. The van der Waals surface area contributed by atoms with E-state index in [0.717, 1.165) is 6.07 Å². The molecule has 9 heteroatoms. The number of benzene rings is 2. The van der Waals surface area contributed by atoms with Crippen LogP contribution in [0.2, 0.25) is 0 Å². The second-order valence-electron chi connectivity index (χ2n) is 7.47. The van der Waals surface area contributed by atoms with Crippen molar-refractivity contribution in [2.45, 2.75) is 12.6 Å². The number of hydrogen-bond acceptors (Lipinski definition) is 7. The lowest BCUT2D eigenvalue weighted by Gasteiger charge is -2.24. The molecule has 0 bridgehead atoms. The molecule has 1 amide bonds. The van der Waals surface area contributed by atoms with E-state index >= 15 is 0 Å². The van der Waals surface area contributed by atoms with Gasteiger partial charge in [0.2, 0.25) is 0 Å². The number of halogens is 1. The standard InChI is InChI=1S/C25H20FNO7/c1-32-19-10-9-16(12-18(19)26)22(28)20-21(14-5-7-15(8-6-14)25(31)33-2)27(24(30)23(20)29)13-17-4-3-11-34-17/h3-12,21,28H,13H2,1-2H3. The van der Waals surface area contributed by atoms with Crippen LogP contribution in [0.25, 0.3) is 5.76 Å². The van der Waals surface area contributed by atoms with Gasteiger partial charge in [-0.25, -0.2) is 9.18 Å². The van der Waals surface area contributed by atoms with E-state index in [1.165, 1.54) is 49.6 Å². The van der Waals surface area contributed by atoms with Gasteiger partial charge in [0.25, 0.3) is 11.7 Å².